The first-order valence-electron chi connectivity index (χ1n) is 15.6. The van der Waals surface area contributed by atoms with Gasteiger partial charge in [-0.3, -0.25) is 4.57 Å². The van der Waals surface area contributed by atoms with Crippen LogP contribution in [0.5, 0.6) is 0 Å². The highest BCUT2D eigenvalue weighted by Crippen LogP contribution is 2.32. The largest absolute Gasteiger partial charge is 0.292 e. The second-order valence-corrected chi connectivity index (χ2v) is 11.6. The zero-order chi connectivity index (χ0) is 31.2. The van der Waals surface area contributed by atoms with Crippen LogP contribution in [0.15, 0.2) is 164 Å². The Labute approximate surface area is 271 Å². The molecule has 0 amide bonds. The third-order valence-electron chi connectivity index (χ3n) is 8.63. The lowest BCUT2D eigenvalue weighted by Crippen LogP contribution is -2.01. The topological polar surface area (TPSA) is 56.5 Å². The summed E-state index contributed by atoms with van der Waals surface area (Å²) in [4.78, 5) is 20.1. The lowest BCUT2D eigenvalue weighted by molar-refractivity contribution is 1.07. The summed E-state index contributed by atoms with van der Waals surface area (Å²) in [5.41, 5.74) is 6.88. The van der Waals surface area contributed by atoms with Gasteiger partial charge in [0, 0.05) is 27.9 Å². The van der Waals surface area contributed by atoms with Gasteiger partial charge in [0.15, 0.2) is 17.5 Å². The van der Waals surface area contributed by atoms with Crippen molar-refractivity contribution in [1.82, 2.24) is 24.5 Å². The van der Waals surface area contributed by atoms with Gasteiger partial charge in [0.1, 0.15) is 5.82 Å². The number of benzene rings is 7. The molecule has 0 aliphatic carbocycles. The van der Waals surface area contributed by atoms with Gasteiger partial charge >= 0.3 is 0 Å². The number of hydrogen-bond acceptors (Lipinski definition) is 4. The maximum Gasteiger partial charge on any atom is 0.164 e. The van der Waals surface area contributed by atoms with Gasteiger partial charge in [-0.15, -0.1) is 0 Å². The molecule has 9 rings (SSSR count). The summed E-state index contributed by atoms with van der Waals surface area (Å²) in [5, 5.41) is 4.64. The van der Waals surface area contributed by atoms with E-state index in [4.69, 9.17) is 19.9 Å². The van der Waals surface area contributed by atoms with Crippen LogP contribution in [0.3, 0.4) is 0 Å². The summed E-state index contributed by atoms with van der Waals surface area (Å²) in [6.45, 7) is 0. The standard InChI is InChI=1S/C42H27N5/c1-2-12-31(13-3-1)42-43-37-16-8-9-17-38(37)47(42)36-24-22-30(23-25-36)39-44-40(34-20-18-28-10-4-6-14-32(28)26-34)46-41(45-39)35-21-19-29-11-5-7-15-33(29)27-35/h1-27H. The average molecular weight is 602 g/mol. The van der Waals surface area contributed by atoms with Crippen LogP contribution in [0.1, 0.15) is 0 Å². The van der Waals surface area contributed by atoms with E-state index in [1.165, 1.54) is 10.8 Å². The van der Waals surface area contributed by atoms with Crippen molar-refractivity contribution >= 4 is 32.6 Å². The molecule has 47 heavy (non-hydrogen) atoms. The first-order valence-corrected chi connectivity index (χ1v) is 15.6. The van der Waals surface area contributed by atoms with Crippen molar-refractivity contribution in [1.29, 1.82) is 0 Å². The molecule has 0 bridgehead atoms. The van der Waals surface area contributed by atoms with Gasteiger partial charge < -0.3 is 0 Å². The quantitative estimate of drug-likeness (QED) is 0.197. The molecule has 5 heteroatoms. The molecular formula is C42H27N5. The van der Waals surface area contributed by atoms with E-state index in [1.807, 2.05) is 24.3 Å². The summed E-state index contributed by atoms with van der Waals surface area (Å²) in [6, 6.07) is 56.4. The molecule has 7 aromatic carbocycles. The van der Waals surface area contributed by atoms with Crippen LogP contribution in [0.25, 0.3) is 83.8 Å². The molecule has 0 aliphatic rings. The summed E-state index contributed by atoms with van der Waals surface area (Å²) < 4.78 is 2.21. The third kappa shape index (κ3) is 4.91. The van der Waals surface area contributed by atoms with E-state index in [0.717, 1.165) is 55.6 Å². The molecule has 0 spiro atoms. The van der Waals surface area contributed by atoms with Crippen LogP contribution in [-0.2, 0) is 0 Å². The molecule has 5 nitrogen and oxygen atoms in total. The Hall–Kier alpha value is -6.46. The van der Waals surface area contributed by atoms with Gasteiger partial charge in [-0.1, -0.05) is 115 Å². The van der Waals surface area contributed by atoms with Gasteiger partial charge in [0.2, 0.25) is 0 Å². The fourth-order valence-corrected chi connectivity index (χ4v) is 6.25. The second kappa shape index (κ2) is 11.2. The van der Waals surface area contributed by atoms with Gasteiger partial charge in [0.25, 0.3) is 0 Å². The first-order chi connectivity index (χ1) is 23.3. The SMILES string of the molecule is c1ccc(-c2nc3ccccc3n2-c2ccc(-c3nc(-c4ccc5ccccc5c4)nc(-c4ccc5ccccc5c4)n3)cc2)cc1. The maximum absolute atomic E-state index is 5.03. The zero-order valence-corrected chi connectivity index (χ0v) is 25.3. The lowest BCUT2D eigenvalue weighted by atomic mass is 10.1. The van der Waals surface area contributed by atoms with E-state index >= 15 is 0 Å². The van der Waals surface area contributed by atoms with Crippen LogP contribution in [0.2, 0.25) is 0 Å². The van der Waals surface area contributed by atoms with Crippen molar-refractivity contribution in [3.8, 4) is 51.2 Å². The molecular weight excluding hydrogens is 574 g/mol. The van der Waals surface area contributed by atoms with Gasteiger partial charge in [-0.25, -0.2) is 19.9 Å². The zero-order valence-electron chi connectivity index (χ0n) is 25.3. The van der Waals surface area contributed by atoms with Crippen molar-refractivity contribution in [2.24, 2.45) is 0 Å². The minimum absolute atomic E-state index is 0.622. The summed E-state index contributed by atoms with van der Waals surface area (Å²) >= 11 is 0. The number of rotatable bonds is 5. The second-order valence-electron chi connectivity index (χ2n) is 11.6. The normalized spacial score (nSPS) is 11.4. The molecule has 0 fully saturated rings. The Morgan fingerprint density at radius 1 is 0.340 bits per heavy atom. The number of para-hydroxylation sites is 2. The monoisotopic (exact) mass is 601 g/mol. The molecule has 0 unspecified atom stereocenters. The van der Waals surface area contributed by atoms with Crippen LogP contribution in [0, 0.1) is 0 Å². The van der Waals surface area contributed by atoms with Crippen molar-refractivity contribution in [2.75, 3.05) is 0 Å². The van der Waals surface area contributed by atoms with E-state index < -0.39 is 0 Å². The summed E-state index contributed by atoms with van der Waals surface area (Å²) in [7, 11) is 0. The minimum Gasteiger partial charge on any atom is -0.292 e. The molecule has 0 saturated carbocycles. The van der Waals surface area contributed by atoms with Crippen molar-refractivity contribution in [3.63, 3.8) is 0 Å². The smallest absolute Gasteiger partial charge is 0.164 e. The first kappa shape index (κ1) is 26.9. The van der Waals surface area contributed by atoms with Crippen LogP contribution < -0.4 is 0 Å². The Kier molecular flexibility index (Phi) is 6.39. The van der Waals surface area contributed by atoms with E-state index in [9.17, 15) is 0 Å². The van der Waals surface area contributed by atoms with Crippen molar-refractivity contribution < 1.29 is 0 Å². The lowest BCUT2D eigenvalue weighted by Gasteiger charge is -2.12. The minimum atomic E-state index is 0.622. The van der Waals surface area contributed by atoms with E-state index in [1.54, 1.807) is 0 Å². The Morgan fingerprint density at radius 2 is 0.830 bits per heavy atom. The molecule has 0 atom stereocenters. The van der Waals surface area contributed by atoms with Gasteiger partial charge in [-0.05, 0) is 70.1 Å². The Balaban J connectivity index is 1.19. The molecule has 9 aromatic rings. The summed E-state index contributed by atoms with van der Waals surface area (Å²) in [5.74, 6) is 2.80. The molecule has 2 aromatic heterocycles. The van der Waals surface area contributed by atoms with Crippen molar-refractivity contribution in [3.05, 3.63) is 164 Å². The molecule has 0 N–H and O–H groups in total. The molecule has 0 saturated heterocycles. The Morgan fingerprint density at radius 3 is 1.45 bits per heavy atom. The molecule has 0 aliphatic heterocycles. The predicted octanol–water partition coefficient (Wildman–Crippen LogP) is 10.2. The average Bonchev–Trinajstić information content (AvgIpc) is 3.54. The Bertz CT molecular complexity index is 2470. The highest BCUT2D eigenvalue weighted by atomic mass is 15.1. The highest BCUT2D eigenvalue weighted by molar-refractivity contribution is 5.88. The number of imidazole rings is 1. The fraction of sp³-hybridized carbons (Fsp3) is 0. The number of nitrogens with zero attached hydrogens (tertiary/aromatic N) is 5. The van der Waals surface area contributed by atoms with Gasteiger partial charge in [-0.2, -0.15) is 0 Å². The highest BCUT2D eigenvalue weighted by Gasteiger charge is 2.16. The third-order valence-corrected chi connectivity index (χ3v) is 8.63. The molecule has 220 valence electrons. The van der Waals surface area contributed by atoms with Crippen LogP contribution in [0.4, 0.5) is 0 Å². The summed E-state index contributed by atoms with van der Waals surface area (Å²) in [6.07, 6.45) is 0. The van der Waals surface area contributed by atoms with Gasteiger partial charge in [0.05, 0.1) is 11.0 Å². The maximum atomic E-state index is 5.03. The van der Waals surface area contributed by atoms with Crippen LogP contribution >= 0.6 is 0 Å². The van der Waals surface area contributed by atoms with Crippen molar-refractivity contribution in [2.45, 2.75) is 0 Å². The number of hydrogen-bond donors (Lipinski definition) is 0. The number of fused-ring (bicyclic) bond motifs is 3. The molecule has 0 radical (unpaired) electrons. The molecule has 2 heterocycles. The van der Waals surface area contributed by atoms with E-state index in [-0.39, 0.29) is 0 Å². The number of aromatic nitrogens is 5. The van der Waals surface area contributed by atoms with Crippen LogP contribution in [-0.4, -0.2) is 24.5 Å². The van der Waals surface area contributed by atoms with E-state index in [0.29, 0.717) is 17.5 Å². The van der Waals surface area contributed by atoms with E-state index in [2.05, 4.69) is 144 Å². The fourth-order valence-electron chi connectivity index (χ4n) is 6.25. The predicted molar refractivity (Wildman–Crippen MR) is 191 cm³/mol.